The summed E-state index contributed by atoms with van der Waals surface area (Å²) >= 11 is 5.82. The van der Waals surface area contributed by atoms with E-state index < -0.39 is 5.82 Å². The van der Waals surface area contributed by atoms with Gasteiger partial charge in [-0.15, -0.1) is 0 Å². The topological polar surface area (TPSA) is 44.5 Å². The molecule has 0 saturated carbocycles. The smallest absolute Gasteiger partial charge is 0.173 e. The first-order valence-corrected chi connectivity index (χ1v) is 6.10. The van der Waals surface area contributed by atoms with Crippen molar-refractivity contribution in [2.24, 2.45) is 0 Å². The molecule has 0 spiro atoms. The number of ether oxygens (including phenoxy) is 2. The number of nitrogens with two attached hydrogens (primary N) is 1. The van der Waals surface area contributed by atoms with Gasteiger partial charge in [0.15, 0.2) is 11.6 Å². The fourth-order valence-corrected chi connectivity index (χ4v) is 1.75. The lowest BCUT2D eigenvalue weighted by Gasteiger charge is -2.10. The van der Waals surface area contributed by atoms with Crippen LogP contribution in [0.25, 0.3) is 0 Å². The third-order valence-electron chi connectivity index (χ3n) is 2.38. The van der Waals surface area contributed by atoms with Crippen molar-refractivity contribution in [3.05, 3.63) is 53.3 Å². The molecule has 0 aromatic heterocycles. The standard InChI is InChI=1S/C14H13ClFNO2/c15-12-5-2-6-13(16)14(12)19-8-7-18-11-4-1-3-10(17)9-11/h1-6,9H,7-8,17H2. The van der Waals surface area contributed by atoms with Gasteiger partial charge in [0.05, 0.1) is 5.02 Å². The zero-order valence-corrected chi connectivity index (χ0v) is 10.9. The van der Waals surface area contributed by atoms with E-state index >= 15 is 0 Å². The van der Waals surface area contributed by atoms with E-state index in [-0.39, 0.29) is 24.0 Å². The zero-order chi connectivity index (χ0) is 13.7. The molecule has 0 aliphatic carbocycles. The van der Waals surface area contributed by atoms with Crippen molar-refractivity contribution in [3.8, 4) is 11.5 Å². The Bertz CT molecular complexity index is 543. The predicted molar refractivity (Wildman–Crippen MR) is 73.3 cm³/mol. The van der Waals surface area contributed by atoms with Crippen molar-refractivity contribution >= 4 is 17.3 Å². The molecule has 0 bridgehead atoms. The molecular formula is C14H13ClFNO2. The van der Waals surface area contributed by atoms with Gasteiger partial charge in [-0.3, -0.25) is 0 Å². The van der Waals surface area contributed by atoms with Crippen molar-refractivity contribution in [2.45, 2.75) is 0 Å². The van der Waals surface area contributed by atoms with Crippen LogP contribution < -0.4 is 15.2 Å². The van der Waals surface area contributed by atoms with Gasteiger partial charge in [-0.1, -0.05) is 23.7 Å². The molecule has 2 rings (SSSR count). The van der Waals surface area contributed by atoms with E-state index in [1.165, 1.54) is 12.1 Å². The molecule has 2 N–H and O–H groups in total. The van der Waals surface area contributed by atoms with Crippen molar-refractivity contribution in [1.82, 2.24) is 0 Å². The molecule has 0 aliphatic heterocycles. The number of rotatable bonds is 5. The van der Waals surface area contributed by atoms with E-state index in [1.807, 2.05) is 0 Å². The van der Waals surface area contributed by atoms with Crippen LogP contribution in [0.2, 0.25) is 5.02 Å². The summed E-state index contributed by atoms with van der Waals surface area (Å²) in [7, 11) is 0. The Kier molecular flexibility index (Phi) is 4.47. The molecule has 0 amide bonds. The minimum atomic E-state index is -0.489. The van der Waals surface area contributed by atoms with Gasteiger partial charge < -0.3 is 15.2 Å². The molecule has 2 aromatic carbocycles. The molecule has 5 heteroatoms. The van der Waals surface area contributed by atoms with Gasteiger partial charge in [0.2, 0.25) is 0 Å². The summed E-state index contributed by atoms with van der Waals surface area (Å²) in [6.45, 7) is 0.462. The normalized spacial score (nSPS) is 10.2. The van der Waals surface area contributed by atoms with Gasteiger partial charge in [-0.05, 0) is 24.3 Å². The maximum absolute atomic E-state index is 13.4. The highest BCUT2D eigenvalue weighted by atomic mass is 35.5. The van der Waals surface area contributed by atoms with Crippen molar-refractivity contribution < 1.29 is 13.9 Å². The Morgan fingerprint density at radius 2 is 1.79 bits per heavy atom. The molecule has 0 fully saturated rings. The van der Waals surface area contributed by atoms with E-state index in [0.29, 0.717) is 11.4 Å². The third-order valence-corrected chi connectivity index (χ3v) is 2.67. The van der Waals surface area contributed by atoms with Crippen LogP contribution >= 0.6 is 11.6 Å². The van der Waals surface area contributed by atoms with E-state index in [0.717, 1.165) is 0 Å². The third kappa shape index (κ3) is 3.76. The number of hydrogen-bond acceptors (Lipinski definition) is 3. The van der Waals surface area contributed by atoms with Gasteiger partial charge in [-0.25, -0.2) is 4.39 Å². The number of nitrogen functional groups attached to an aromatic ring is 1. The van der Waals surface area contributed by atoms with Crippen LogP contribution in [0.3, 0.4) is 0 Å². The van der Waals surface area contributed by atoms with E-state index in [1.54, 1.807) is 30.3 Å². The Balaban J connectivity index is 1.84. The number of halogens is 2. The second-order valence-electron chi connectivity index (χ2n) is 3.82. The van der Waals surface area contributed by atoms with Gasteiger partial charge in [-0.2, -0.15) is 0 Å². The quantitative estimate of drug-likeness (QED) is 0.674. The summed E-state index contributed by atoms with van der Waals surface area (Å²) in [5, 5.41) is 0.240. The number of hydrogen-bond donors (Lipinski definition) is 1. The van der Waals surface area contributed by atoms with Crippen molar-refractivity contribution in [2.75, 3.05) is 18.9 Å². The van der Waals surface area contributed by atoms with Crippen LogP contribution in [-0.4, -0.2) is 13.2 Å². The van der Waals surface area contributed by atoms with Crippen LogP contribution in [0.15, 0.2) is 42.5 Å². The number of benzene rings is 2. The summed E-state index contributed by atoms with van der Waals surface area (Å²) in [5.74, 6) is 0.194. The lowest BCUT2D eigenvalue weighted by atomic mass is 10.3. The van der Waals surface area contributed by atoms with Crippen molar-refractivity contribution in [3.63, 3.8) is 0 Å². The average Bonchev–Trinajstić information content (AvgIpc) is 2.37. The molecule has 100 valence electrons. The van der Waals surface area contributed by atoms with E-state index in [4.69, 9.17) is 26.8 Å². The Morgan fingerprint density at radius 1 is 1.05 bits per heavy atom. The Labute approximate surface area is 115 Å². The maximum atomic E-state index is 13.4. The first-order valence-electron chi connectivity index (χ1n) is 5.72. The summed E-state index contributed by atoms with van der Waals surface area (Å²) < 4.78 is 24.1. The van der Waals surface area contributed by atoms with Crippen LogP contribution in [-0.2, 0) is 0 Å². The lowest BCUT2D eigenvalue weighted by molar-refractivity contribution is 0.211. The highest BCUT2D eigenvalue weighted by Gasteiger charge is 2.07. The Hall–Kier alpha value is -1.94. The number of anilines is 1. The fourth-order valence-electron chi connectivity index (χ4n) is 1.53. The summed E-state index contributed by atoms with van der Waals surface area (Å²) in [4.78, 5) is 0. The predicted octanol–water partition coefficient (Wildman–Crippen LogP) is 3.52. The molecule has 0 radical (unpaired) electrons. The first kappa shape index (κ1) is 13.5. The molecule has 0 unspecified atom stereocenters. The first-order chi connectivity index (χ1) is 9.16. The van der Waals surface area contributed by atoms with Gasteiger partial charge in [0, 0.05) is 11.8 Å². The van der Waals surface area contributed by atoms with E-state index in [2.05, 4.69) is 0 Å². The highest BCUT2D eigenvalue weighted by Crippen LogP contribution is 2.27. The molecule has 19 heavy (non-hydrogen) atoms. The summed E-state index contributed by atoms with van der Waals surface area (Å²) in [5.41, 5.74) is 6.24. The molecule has 0 aliphatic rings. The molecule has 3 nitrogen and oxygen atoms in total. The summed E-state index contributed by atoms with van der Waals surface area (Å²) in [6, 6.07) is 11.4. The second kappa shape index (κ2) is 6.29. The molecule has 0 atom stereocenters. The van der Waals surface area contributed by atoms with Crippen LogP contribution in [0, 0.1) is 5.82 Å². The van der Waals surface area contributed by atoms with Crippen molar-refractivity contribution in [1.29, 1.82) is 0 Å². The monoisotopic (exact) mass is 281 g/mol. The van der Waals surface area contributed by atoms with Crippen LogP contribution in [0.4, 0.5) is 10.1 Å². The van der Waals surface area contributed by atoms with E-state index in [9.17, 15) is 4.39 Å². The van der Waals surface area contributed by atoms with Crippen LogP contribution in [0.5, 0.6) is 11.5 Å². The largest absolute Gasteiger partial charge is 0.490 e. The average molecular weight is 282 g/mol. The maximum Gasteiger partial charge on any atom is 0.173 e. The molecular weight excluding hydrogens is 269 g/mol. The summed E-state index contributed by atoms with van der Waals surface area (Å²) in [6.07, 6.45) is 0. The molecule has 2 aromatic rings. The number of para-hydroxylation sites is 1. The van der Waals surface area contributed by atoms with Gasteiger partial charge in [0.25, 0.3) is 0 Å². The second-order valence-corrected chi connectivity index (χ2v) is 4.23. The SMILES string of the molecule is Nc1cccc(OCCOc2c(F)cccc2Cl)c1. The zero-order valence-electron chi connectivity index (χ0n) is 10.1. The molecule has 0 saturated heterocycles. The minimum absolute atomic E-state index is 0.0420. The van der Waals surface area contributed by atoms with Crippen LogP contribution in [0.1, 0.15) is 0 Å². The highest BCUT2D eigenvalue weighted by molar-refractivity contribution is 6.32. The molecule has 0 heterocycles. The minimum Gasteiger partial charge on any atom is -0.490 e. The Morgan fingerprint density at radius 3 is 2.53 bits per heavy atom. The lowest BCUT2D eigenvalue weighted by Crippen LogP contribution is -2.10. The van der Waals surface area contributed by atoms with Gasteiger partial charge in [0.1, 0.15) is 19.0 Å². The fraction of sp³-hybridized carbons (Fsp3) is 0.143. The van der Waals surface area contributed by atoms with Gasteiger partial charge >= 0.3 is 0 Å².